The first-order valence-electron chi connectivity index (χ1n) is 6.29. The van der Waals surface area contributed by atoms with Crippen molar-refractivity contribution in [2.24, 2.45) is 0 Å². The number of methoxy groups -OCH3 is 1. The highest BCUT2D eigenvalue weighted by atomic mass is 16.5. The SMILES string of the molecule is CCOC1CC(Nc2ccc(C(=O)OC)cc2)C1. The van der Waals surface area contributed by atoms with Crippen LogP contribution < -0.4 is 5.32 Å². The quantitative estimate of drug-likeness (QED) is 0.814. The van der Waals surface area contributed by atoms with Crippen molar-refractivity contribution in [2.45, 2.75) is 31.9 Å². The van der Waals surface area contributed by atoms with Crippen molar-refractivity contribution in [1.82, 2.24) is 0 Å². The Bertz CT molecular complexity index is 396. The molecular weight excluding hydrogens is 230 g/mol. The monoisotopic (exact) mass is 249 g/mol. The van der Waals surface area contributed by atoms with Crippen LogP contribution in [0.1, 0.15) is 30.1 Å². The minimum atomic E-state index is -0.304. The summed E-state index contributed by atoms with van der Waals surface area (Å²) in [5.41, 5.74) is 1.60. The van der Waals surface area contributed by atoms with Crippen molar-refractivity contribution >= 4 is 11.7 Å². The van der Waals surface area contributed by atoms with E-state index in [0.29, 0.717) is 17.7 Å². The van der Waals surface area contributed by atoms with Crippen molar-refractivity contribution in [1.29, 1.82) is 0 Å². The molecule has 0 spiro atoms. The number of rotatable bonds is 5. The third kappa shape index (κ3) is 3.01. The van der Waals surface area contributed by atoms with E-state index < -0.39 is 0 Å². The van der Waals surface area contributed by atoms with Crippen molar-refractivity contribution in [2.75, 3.05) is 19.0 Å². The molecule has 0 atom stereocenters. The van der Waals surface area contributed by atoms with Gasteiger partial charge in [0.05, 0.1) is 18.8 Å². The van der Waals surface area contributed by atoms with E-state index in [0.717, 1.165) is 25.1 Å². The van der Waals surface area contributed by atoms with E-state index >= 15 is 0 Å². The number of anilines is 1. The van der Waals surface area contributed by atoms with Gasteiger partial charge in [-0.25, -0.2) is 4.79 Å². The molecule has 0 bridgehead atoms. The highest BCUT2D eigenvalue weighted by molar-refractivity contribution is 5.89. The zero-order valence-electron chi connectivity index (χ0n) is 10.8. The zero-order chi connectivity index (χ0) is 13.0. The van der Waals surface area contributed by atoms with Crippen LogP contribution in [0.2, 0.25) is 0 Å². The second kappa shape index (κ2) is 5.87. The minimum Gasteiger partial charge on any atom is -0.465 e. The molecule has 4 nitrogen and oxygen atoms in total. The molecular formula is C14H19NO3. The zero-order valence-corrected chi connectivity index (χ0v) is 10.8. The first-order chi connectivity index (χ1) is 8.72. The van der Waals surface area contributed by atoms with Gasteiger partial charge in [-0.2, -0.15) is 0 Å². The van der Waals surface area contributed by atoms with Crippen molar-refractivity contribution < 1.29 is 14.3 Å². The molecule has 1 N–H and O–H groups in total. The van der Waals surface area contributed by atoms with E-state index in [-0.39, 0.29) is 5.97 Å². The van der Waals surface area contributed by atoms with Crippen LogP contribution in [0, 0.1) is 0 Å². The van der Waals surface area contributed by atoms with E-state index in [1.54, 1.807) is 12.1 Å². The summed E-state index contributed by atoms with van der Waals surface area (Å²) in [5, 5.41) is 3.42. The van der Waals surface area contributed by atoms with E-state index in [2.05, 4.69) is 10.1 Å². The van der Waals surface area contributed by atoms with Crippen molar-refractivity contribution in [3.63, 3.8) is 0 Å². The lowest BCUT2D eigenvalue weighted by Gasteiger charge is -2.36. The van der Waals surface area contributed by atoms with Crippen LogP contribution in [0.4, 0.5) is 5.69 Å². The molecule has 1 aliphatic carbocycles. The van der Waals surface area contributed by atoms with E-state index in [9.17, 15) is 4.79 Å². The predicted molar refractivity (Wildman–Crippen MR) is 69.8 cm³/mol. The molecule has 18 heavy (non-hydrogen) atoms. The van der Waals surface area contributed by atoms with Gasteiger partial charge in [-0.05, 0) is 44.0 Å². The molecule has 1 aromatic carbocycles. The number of carbonyl (C=O) groups is 1. The van der Waals surface area contributed by atoms with Crippen LogP contribution in [-0.2, 0) is 9.47 Å². The number of hydrogen-bond donors (Lipinski definition) is 1. The van der Waals surface area contributed by atoms with Crippen LogP contribution in [0.5, 0.6) is 0 Å². The Morgan fingerprint density at radius 3 is 2.56 bits per heavy atom. The van der Waals surface area contributed by atoms with E-state index in [1.165, 1.54) is 7.11 Å². The third-order valence-electron chi connectivity index (χ3n) is 3.17. The highest BCUT2D eigenvalue weighted by Crippen LogP contribution is 2.26. The number of nitrogens with one attached hydrogen (secondary N) is 1. The van der Waals surface area contributed by atoms with Crippen LogP contribution in [0.3, 0.4) is 0 Å². The van der Waals surface area contributed by atoms with Gasteiger partial charge in [0.15, 0.2) is 0 Å². The van der Waals surface area contributed by atoms with Crippen LogP contribution >= 0.6 is 0 Å². The summed E-state index contributed by atoms with van der Waals surface area (Å²) >= 11 is 0. The summed E-state index contributed by atoms with van der Waals surface area (Å²) in [6.07, 6.45) is 2.50. The Morgan fingerprint density at radius 1 is 1.33 bits per heavy atom. The molecule has 2 rings (SSSR count). The fourth-order valence-electron chi connectivity index (χ4n) is 2.11. The fraction of sp³-hybridized carbons (Fsp3) is 0.500. The first-order valence-corrected chi connectivity index (χ1v) is 6.29. The summed E-state index contributed by atoms with van der Waals surface area (Å²) in [6, 6.07) is 7.82. The topological polar surface area (TPSA) is 47.6 Å². The lowest BCUT2D eigenvalue weighted by molar-refractivity contribution is 0.00299. The van der Waals surface area contributed by atoms with Gasteiger partial charge in [0.25, 0.3) is 0 Å². The first kappa shape index (κ1) is 12.9. The maximum atomic E-state index is 11.3. The molecule has 0 heterocycles. The number of carbonyl (C=O) groups excluding carboxylic acids is 1. The van der Waals surface area contributed by atoms with Gasteiger partial charge >= 0.3 is 5.97 Å². The molecule has 0 aromatic heterocycles. The molecule has 98 valence electrons. The average Bonchev–Trinajstić information content (AvgIpc) is 2.36. The molecule has 0 amide bonds. The molecule has 0 aliphatic heterocycles. The summed E-state index contributed by atoms with van der Waals surface area (Å²) < 4.78 is 10.2. The van der Waals surface area contributed by atoms with E-state index in [1.807, 2.05) is 19.1 Å². The third-order valence-corrected chi connectivity index (χ3v) is 3.17. The average molecular weight is 249 g/mol. The standard InChI is InChI=1S/C14H19NO3/c1-3-18-13-8-12(9-13)15-11-6-4-10(5-7-11)14(16)17-2/h4-7,12-13,15H,3,8-9H2,1-2H3. The Balaban J connectivity index is 1.83. The number of ether oxygens (including phenoxy) is 2. The van der Waals surface area contributed by atoms with Gasteiger partial charge in [0, 0.05) is 18.3 Å². The predicted octanol–water partition coefficient (Wildman–Crippen LogP) is 2.45. The molecule has 1 aromatic rings. The lowest BCUT2D eigenvalue weighted by atomic mass is 9.89. The van der Waals surface area contributed by atoms with Crippen LogP contribution in [0.25, 0.3) is 0 Å². The summed E-state index contributed by atoms with van der Waals surface area (Å²) in [6.45, 7) is 2.80. The molecule has 1 fully saturated rings. The number of esters is 1. The van der Waals surface area contributed by atoms with Gasteiger partial charge in [-0.1, -0.05) is 0 Å². The molecule has 1 saturated carbocycles. The van der Waals surface area contributed by atoms with E-state index in [4.69, 9.17) is 4.74 Å². The highest BCUT2D eigenvalue weighted by Gasteiger charge is 2.29. The smallest absolute Gasteiger partial charge is 0.337 e. The minimum absolute atomic E-state index is 0.304. The fourth-order valence-corrected chi connectivity index (χ4v) is 2.11. The van der Waals surface area contributed by atoms with Crippen LogP contribution in [-0.4, -0.2) is 31.8 Å². The summed E-state index contributed by atoms with van der Waals surface area (Å²) in [7, 11) is 1.39. The Kier molecular flexibility index (Phi) is 4.20. The maximum absolute atomic E-state index is 11.3. The second-order valence-corrected chi connectivity index (χ2v) is 4.46. The lowest BCUT2D eigenvalue weighted by Crippen LogP contribution is -2.40. The Morgan fingerprint density at radius 2 is 2.00 bits per heavy atom. The molecule has 1 aliphatic rings. The molecule has 0 radical (unpaired) electrons. The van der Waals surface area contributed by atoms with Gasteiger partial charge in [-0.3, -0.25) is 0 Å². The van der Waals surface area contributed by atoms with Gasteiger partial charge in [0.1, 0.15) is 0 Å². The molecule has 0 unspecified atom stereocenters. The maximum Gasteiger partial charge on any atom is 0.337 e. The molecule has 4 heteroatoms. The summed E-state index contributed by atoms with van der Waals surface area (Å²) in [5.74, 6) is -0.304. The van der Waals surface area contributed by atoms with Crippen LogP contribution in [0.15, 0.2) is 24.3 Å². The normalized spacial score (nSPS) is 22.1. The largest absolute Gasteiger partial charge is 0.465 e. The van der Waals surface area contributed by atoms with Gasteiger partial charge in [-0.15, -0.1) is 0 Å². The van der Waals surface area contributed by atoms with Crippen molar-refractivity contribution in [3.05, 3.63) is 29.8 Å². The summed E-state index contributed by atoms with van der Waals surface area (Å²) in [4.78, 5) is 11.3. The Labute approximate surface area is 107 Å². The molecule has 0 saturated heterocycles. The van der Waals surface area contributed by atoms with Gasteiger partial charge < -0.3 is 14.8 Å². The number of benzene rings is 1. The Hall–Kier alpha value is -1.55. The second-order valence-electron chi connectivity index (χ2n) is 4.46. The number of hydrogen-bond acceptors (Lipinski definition) is 4. The van der Waals surface area contributed by atoms with Gasteiger partial charge in [0.2, 0.25) is 0 Å². The van der Waals surface area contributed by atoms with Crippen molar-refractivity contribution in [3.8, 4) is 0 Å².